The zero-order valence-corrected chi connectivity index (χ0v) is 17.7. The van der Waals surface area contributed by atoms with Gasteiger partial charge in [0.25, 0.3) is 0 Å². The molecule has 0 fully saturated rings. The third-order valence-electron chi connectivity index (χ3n) is 5.39. The van der Waals surface area contributed by atoms with Crippen LogP contribution < -0.4 is 0 Å². The van der Waals surface area contributed by atoms with E-state index in [-0.39, 0.29) is 22.9 Å². The highest BCUT2D eigenvalue weighted by Gasteiger charge is 2.56. The number of alkyl halides is 3. The summed E-state index contributed by atoms with van der Waals surface area (Å²) in [4.78, 5) is 11.4. The fraction of sp³-hybridized carbons (Fsp3) is 0.455. The molecule has 31 heavy (non-hydrogen) atoms. The minimum Gasteiger partial charge on any atom is -0.508 e. The Hall–Kier alpha value is -2.68. The molecule has 2 aromatic heterocycles. The second-order valence-corrected chi connectivity index (χ2v) is 8.90. The minimum atomic E-state index is -4.97. The van der Waals surface area contributed by atoms with Crippen molar-refractivity contribution in [2.24, 2.45) is 0 Å². The maximum absolute atomic E-state index is 14.0. The molecule has 0 radical (unpaired) electrons. The van der Waals surface area contributed by atoms with Gasteiger partial charge in [0.05, 0.1) is 17.2 Å². The fourth-order valence-corrected chi connectivity index (χ4v) is 3.82. The number of H-pyrrole nitrogens is 1. The summed E-state index contributed by atoms with van der Waals surface area (Å²) in [5.41, 5.74) is -3.47. The summed E-state index contributed by atoms with van der Waals surface area (Å²) in [6, 6.07) is 4.55. The van der Waals surface area contributed by atoms with Crippen molar-refractivity contribution in [2.45, 2.75) is 63.6 Å². The van der Waals surface area contributed by atoms with E-state index in [1.807, 2.05) is 13.8 Å². The first-order chi connectivity index (χ1) is 14.2. The highest BCUT2D eigenvalue weighted by Crippen LogP contribution is 2.45. The molecule has 0 aliphatic rings. The number of aromatic nitrogens is 3. The lowest BCUT2D eigenvalue weighted by molar-refractivity contribution is -0.266. The first kappa shape index (κ1) is 23.0. The Kier molecular flexibility index (Phi) is 5.77. The smallest absolute Gasteiger partial charge is 0.417 e. The number of hydrogen-bond donors (Lipinski definition) is 3. The van der Waals surface area contributed by atoms with Crippen molar-refractivity contribution < 1.29 is 27.8 Å². The Morgan fingerprint density at radius 3 is 2.42 bits per heavy atom. The van der Waals surface area contributed by atoms with E-state index in [1.54, 1.807) is 0 Å². The summed E-state index contributed by atoms with van der Waals surface area (Å²) in [6.45, 7) is 6.65. The molecule has 0 bridgehead atoms. The highest BCUT2D eigenvalue weighted by molar-refractivity contribution is 5.75. The minimum absolute atomic E-state index is 0.0146. The molecule has 9 heteroatoms. The lowest BCUT2D eigenvalue weighted by atomic mass is 9.73. The maximum Gasteiger partial charge on any atom is 0.417 e. The number of aliphatic hydroxyl groups is 1. The van der Waals surface area contributed by atoms with E-state index in [2.05, 4.69) is 15.0 Å². The number of nitrogens with zero attached hydrogens (tertiary/aromatic N) is 2. The van der Waals surface area contributed by atoms with Crippen LogP contribution in [-0.2, 0) is 11.8 Å². The number of benzene rings is 1. The largest absolute Gasteiger partial charge is 0.508 e. The number of nitrogens with one attached hydrogen (secondary N) is 1. The van der Waals surface area contributed by atoms with E-state index < -0.39 is 35.9 Å². The van der Waals surface area contributed by atoms with E-state index >= 15 is 0 Å². The van der Waals surface area contributed by atoms with Crippen LogP contribution in [0.25, 0.3) is 11.0 Å². The second kappa shape index (κ2) is 7.78. The molecule has 0 saturated carbocycles. The molecule has 0 aliphatic heterocycles. The van der Waals surface area contributed by atoms with Crippen molar-refractivity contribution in [3.05, 3.63) is 53.4 Å². The van der Waals surface area contributed by atoms with Crippen LogP contribution in [0.15, 0.2) is 30.5 Å². The van der Waals surface area contributed by atoms with Gasteiger partial charge in [-0.2, -0.15) is 13.2 Å². The zero-order chi connectivity index (χ0) is 23.2. The van der Waals surface area contributed by atoms with Crippen LogP contribution in [0.5, 0.6) is 5.75 Å². The molecule has 3 N–H and O–H groups in total. The van der Waals surface area contributed by atoms with Gasteiger partial charge < -0.3 is 15.2 Å². The number of fused-ring (bicyclic) bond motifs is 1. The Labute approximate surface area is 177 Å². The van der Waals surface area contributed by atoms with Gasteiger partial charge in [-0.25, -0.2) is 14.4 Å². The van der Waals surface area contributed by atoms with Crippen molar-refractivity contribution in [1.82, 2.24) is 15.0 Å². The first-order valence-corrected chi connectivity index (χ1v) is 9.84. The first-order valence-electron chi connectivity index (χ1n) is 9.84. The van der Waals surface area contributed by atoms with Crippen LogP contribution in [0.1, 0.15) is 57.1 Å². The van der Waals surface area contributed by atoms with Gasteiger partial charge >= 0.3 is 6.18 Å². The number of halogens is 4. The van der Waals surface area contributed by atoms with Crippen LogP contribution in [0.3, 0.4) is 0 Å². The van der Waals surface area contributed by atoms with Gasteiger partial charge in [0.2, 0.25) is 0 Å². The van der Waals surface area contributed by atoms with Crippen molar-refractivity contribution in [3.63, 3.8) is 0 Å². The molecule has 168 valence electrons. The number of aromatic hydroxyl groups is 1. The van der Waals surface area contributed by atoms with Gasteiger partial charge in [-0.3, -0.25) is 0 Å². The molecule has 3 aromatic rings. The lowest BCUT2D eigenvalue weighted by Gasteiger charge is -2.38. The Morgan fingerprint density at radius 1 is 1.13 bits per heavy atom. The van der Waals surface area contributed by atoms with Crippen molar-refractivity contribution in [2.75, 3.05) is 0 Å². The topological polar surface area (TPSA) is 82.0 Å². The van der Waals surface area contributed by atoms with Crippen molar-refractivity contribution >= 4 is 11.0 Å². The number of phenols is 1. The van der Waals surface area contributed by atoms with E-state index in [9.17, 15) is 27.8 Å². The molecule has 0 saturated heterocycles. The third-order valence-corrected chi connectivity index (χ3v) is 5.39. The SMILES string of the molecule is CC(C)c1ncc2[nH]c(CC(O)(CC(C)(C)c3cc(F)ccc3O)C(F)(F)F)cc2n1. The number of rotatable bonds is 6. The molecular weight excluding hydrogens is 414 g/mol. The van der Waals surface area contributed by atoms with Crippen LogP contribution in [0, 0.1) is 5.82 Å². The Bertz CT molecular complexity index is 1090. The van der Waals surface area contributed by atoms with Crippen LogP contribution >= 0.6 is 0 Å². The van der Waals surface area contributed by atoms with E-state index in [0.29, 0.717) is 16.9 Å². The number of phenolic OH excluding ortho intramolecular Hbond substituents is 1. The summed E-state index contributed by atoms with van der Waals surface area (Å²) in [5, 5.41) is 20.8. The van der Waals surface area contributed by atoms with Crippen molar-refractivity contribution in [3.8, 4) is 5.75 Å². The molecule has 1 atom stereocenters. The molecule has 0 aliphatic carbocycles. The van der Waals surface area contributed by atoms with E-state index in [0.717, 1.165) is 18.2 Å². The maximum atomic E-state index is 14.0. The lowest BCUT2D eigenvalue weighted by Crippen LogP contribution is -2.50. The molecule has 0 amide bonds. The summed E-state index contributed by atoms with van der Waals surface area (Å²) in [7, 11) is 0. The quantitative estimate of drug-likeness (QED) is 0.465. The van der Waals surface area contributed by atoms with Gasteiger partial charge in [0.15, 0.2) is 5.60 Å². The third kappa shape index (κ3) is 4.66. The monoisotopic (exact) mass is 439 g/mol. The average Bonchev–Trinajstić information content (AvgIpc) is 3.03. The van der Waals surface area contributed by atoms with E-state index in [4.69, 9.17) is 0 Å². The van der Waals surface area contributed by atoms with Gasteiger partial charge in [-0.15, -0.1) is 0 Å². The molecular formula is C22H25F4N3O2. The van der Waals surface area contributed by atoms with Gasteiger partial charge in [-0.05, 0) is 36.1 Å². The Balaban J connectivity index is 1.97. The number of hydrogen-bond acceptors (Lipinski definition) is 4. The molecule has 3 rings (SSSR count). The summed E-state index contributed by atoms with van der Waals surface area (Å²) < 4.78 is 55.7. The molecule has 5 nitrogen and oxygen atoms in total. The predicted molar refractivity (Wildman–Crippen MR) is 108 cm³/mol. The summed E-state index contributed by atoms with van der Waals surface area (Å²) in [6.07, 6.45) is -5.02. The second-order valence-electron chi connectivity index (χ2n) is 8.90. The molecule has 2 heterocycles. The van der Waals surface area contributed by atoms with E-state index in [1.165, 1.54) is 26.1 Å². The van der Waals surface area contributed by atoms with Gasteiger partial charge in [-0.1, -0.05) is 27.7 Å². The Morgan fingerprint density at radius 2 is 1.81 bits per heavy atom. The van der Waals surface area contributed by atoms with Gasteiger partial charge in [0, 0.05) is 23.6 Å². The molecule has 1 aromatic carbocycles. The molecule has 0 spiro atoms. The summed E-state index contributed by atoms with van der Waals surface area (Å²) >= 11 is 0. The normalized spacial score (nSPS) is 14.9. The average molecular weight is 439 g/mol. The van der Waals surface area contributed by atoms with Crippen LogP contribution in [-0.4, -0.2) is 36.9 Å². The highest BCUT2D eigenvalue weighted by atomic mass is 19.4. The predicted octanol–water partition coefficient (Wildman–Crippen LogP) is 5.13. The van der Waals surface area contributed by atoms with Crippen molar-refractivity contribution in [1.29, 1.82) is 0 Å². The standard InChI is InChI=1S/C22H25F4N3O2/c1-12(2)19-27-10-17-16(29-19)8-14(28-17)9-21(31,22(24,25)26)11-20(3,4)15-7-13(23)5-6-18(15)30/h5-8,10,12,28,30-31H,9,11H2,1-4H3. The zero-order valence-electron chi connectivity index (χ0n) is 17.7. The van der Waals surface area contributed by atoms with Crippen LogP contribution in [0.2, 0.25) is 0 Å². The molecule has 1 unspecified atom stereocenters. The van der Waals surface area contributed by atoms with Gasteiger partial charge in [0.1, 0.15) is 17.4 Å². The van der Waals surface area contributed by atoms with Crippen LogP contribution in [0.4, 0.5) is 17.6 Å². The fourth-order valence-electron chi connectivity index (χ4n) is 3.82. The number of aromatic amines is 1. The summed E-state index contributed by atoms with van der Waals surface area (Å²) in [5.74, 6) is -0.411.